The number of anilines is 1. The number of halogens is 2. The minimum Gasteiger partial charge on any atom is -0.382 e. The van der Waals surface area contributed by atoms with Gasteiger partial charge in [0.05, 0.1) is 16.2 Å². The Hall–Kier alpha value is -1.92. The monoisotopic (exact) mass is 334 g/mol. The summed E-state index contributed by atoms with van der Waals surface area (Å²) < 4.78 is 0. The standard InChI is InChI=1S/C15H12Cl2N4O/c16-8-5-9-10(15(22)12-3-1-2-4-19-12)7-13(21-18)20-14(9)11(17)6-8/h1-7,15,22H,18H2,(H,20,21). The number of hydrogen-bond donors (Lipinski definition) is 3. The lowest BCUT2D eigenvalue weighted by molar-refractivity contribution is 0.217. The number of aliphatic hydroxyl groups excluding tert-OH is 1. The molecule has 7 heteroatoms. The van der Waals surface area contributed by atoms with E-state index < -0.39 is 6.10 Å². The van der Waals surface area contributed by atoms with Gasteiger partial charge in [-0.1, -0.05) is 29.3 Å². The average molecular weight is 335 g/mol. The van der Waals surface area contributed by atoms with Crippen LogP contribution in [0.25, 0.3) is 10.9 Å². The quantitative estimate of drug-likeness (QED) is 0.505. The fourth-order valence-electron chi connectivity index (χ4n) is 2.27. The Morgan fingerprint density at radius 2 is 2.00 bits per heavy atom. The minimum atomic E-state index is -0.951. The Labute approximate surface area is 136 Å². The number of rotatable bonds is 3. The van der Waals surface area contributed by atoms with E-state index in [9.17, 15) is 5.11 Å². The van der Waals surface area contributed by atoms with Crippen LogP contribution in [-0.4, -0.2) is 15.1 Å². The van der Waals surface area contributed by atoms with Crippen LogP contribution in [0.15, 0.2) is 42.6 Å². The molecule has 1 unspecified atom stereocenters. The highest BCUT2D eigenvalue weighted by Crippen LogP contribution is 2.34. The Bertz CT molecular complexity index is 827. The summed E-state index contributed by atoms with van der Waals surface area (Å²) in [7, 11) is 0. The summed E-state index contributed by atoms with van der Waals surface area (Å²) in [6, 6.07) is 10.3. The summed E-state index contributed by atoms with van der Waals surface area (Å²) >= 11 is 12.3. The average Bonchev–Trinajstić information content (AvgIpc) is 2.54. The van der Waals surface area contributed by atoms with Crippen molar-refractivity contribution in [2.75, 3.05) is 5.43 Å². The first-order valence-electron chi connectivity index (χ1n) is 6.45. The summed E-state index contributed by atoms with van der Waals surface area (Å²) in [6.07, 6.45) is 0.664. The van der Waals surface area contributed by atoms with Gasteiger partial charge in [0.25, 0.3) is 0 Å². The van der Waals surface area contributed by atoms with Crippen LogP contribution in [0, 0.1) is 0 Å². The van der Waals surface area contributed by atoms with Crippen molar-refractivity contribution in [3.8, 4) is 0 Å². The Morgan fingerprint density at radius 1 is 1.18 bits per heavy atom. The first-order chi connectivity index (χ1) is 10.6. The number of nitrogens with zero attached hydrogens (tertiary/aromatic N) is 2. The lowest BCUT2D eigenvalue weighted by atomic mass is 10.0. The van der Waals surface area contributed by atoms with Crippen LogP contribution in [0.1, 0.15) is 17.4 Å². The van der Waals surface area contributed by atoms with E-state index in [1.165, 1.54) is 0 Å². The van der Waals surface area contributed by atoms with Gasteiger partial charge in [-0.15, -0.1) is 0 Å². The maximum Gasteiger partial charge on any atom is 0.141 e. The number of nitrogens with one attached hydrogen (secondary N) is 1. The fraction of sp³-hybridized carbons (Fsp3) is 0.0667. The molecule has 4 N–H and O–H groups in total. The predicted molar refractivity (Wildman–Crippen MR) is 87.9 cm³/mol. The van der Waals surface area contributed by atoms with E-state index in [0.29, 0.717) is 38.0 Å². The molecule has 0 saturated carbocycles. The first kappa shape index (κ1) is 15.0. The van der Waals surface area contributed by atoms with Crippen molar-refractivity contribution in [3.05, 3.63) is 63.9 Å². The zero-order valence-electron chi connectivity index (χ0n) is 11.3. The fourth-order valence-corrected chi connectivity index (χ4v) is 2.81. The van der Waals surface area contributed by atoms with Crippen molar-refractivity contribution in [2.45, 2.75) is 6.10 Å². The van der Waals surface area contributed by atoms with Gasteiger partial charge in [-0.2, -0.15) is 0 Å². The lowest BCUT2D eigenvalue weighted by Crippen LogP contribution is -2.11. The molecular formula is C15H12Cl2N4O. The molecule has 3 aromatic rings. The Kier molecular flexibility index (Phi) is 4.13. The molecule has 1 atom stereocenters. The molecular weight excluding hydrogens is 323 g/mol. The molecule has 0 radical (unpaired) electrons. The highest BCUT2D eigenvalue weighted by Gasteiger charge is 2.18. The number of nitrogen functional groups attached to an aromatic ring is 1. The summed E-state index contributed by atoms with van der Waals surface area (Å²) in [5, 5.41) is 12.1. The third-order valence-electron chi connectivity index (χ3n) is 3.27. The molecule has 0 spiro atoms. The molecule has 5 nitrogen and oxygen atoms in total. The van der Waals surface area contributed by atoms with Gasteiger partial charge in [0.1, 0.15) is 11.9 Å². The number of benzene rings is 1. The van der Waals surface area contributed by atoms with Crippen molar-refractivity contribution in [3.63, 3.8) is 0 Å². The number of hydrogen-bond acceptors (Lipinski definition) is 5. The summed E-state index contributed by atoms with van der Waals surface area (Å²) in [4.78, 5) is 8.49. The second kappa shape index (κ2) is 6.06. The molecule has 22 heavy (non-hydrogen) atoms. The van der Waals surface area contributed by atoms with Gasteiger partial charge in [-0.05, 0) is 35.9 Å². The van der Waals surface area contributed by atoms with Gasteiger partial charge < -0.3 is 10.5 Å². The van der Waals surface area contributed by atoms with Crippen LogP contribution in [0.2, 0.25) is 10.0 Å². The third-order valence-corrected chi connectivity index (χ3v) is 3.78. The van der Waals surface area contributed by atoms with Crippen molar-refractivity contribution in [1.82, 2.24) is 9.97 Å². The molecule has 0 aliphatic carbocycles. The van der Waals surface area contributed by atoms with Crippen LogP contribution in [0.3, 0.4) is 0 Å². The van der Waals surface area contributed by atoms with E-state index in [1.807, 2.05) is 0 Å². The van der Waals surface area contributed by atoms with Gasteiger partial charge in [0, 0.05) is 16.6 Å². The molecule has 112 valence electrons. The molecule has 0 amide bonds. The number of aromatic nitrogens is 2. The van der Waals surface area contributed by atoms with E-state index in [-0.39, 0.29) is 0 Å². The number of pyridine rings is 2. The largest absolute Gasteiger partial charge is 0.382 e. The van der Waals surface area contributed by atoms with Crippen molar-refractivity contribution in [1.29, 1.82) is 0 Å². The van der Waals surface area contributed by atoms with Crippen LogP contribution in [0.5, 0.6) is 0 Å². The normalized spacial score (nSPS) is 12.4. The van der Waals surface area contributed by atoms with Gasteiger partial charge in [-0.25, -0.2) is 10.8 Å². The number of hydrazine groups is 1. The molecule has 0 aliphatic rings. The summed E-state index contributed by atoms with van der Waals surface area (Å²) in [6.45, 7) is 0. The van der Waals surface area contributed by atoms with Crippen LogP contribution >= 0.6 is 23.2 Å². The van der Waals surface area contributed by atoms with Crippen LogP contribution < -0.4 is 11.3 Å². The van der Waals surface area contributed by atoms with Gasteiger partial charge >= 0.3 is 0 Å². The zero-order chi connectivity index (χ0) is 15.7. The Balaban J connectivity index is 2.27. The maximum atomic E-state index is 10.6. The maximum absolute atomic E-state index is 10.6. The van der Waals surface area contributed by atoms with Crippen LogP contribution in [0.4, 0.5) is 5.82 Å². The van der Waals surface area contributed by atoms with Gasteiger partial charge in [0.2, 0.25) is 0 Å². The molecule has 0 saturated heterocycles. The summed E-state index contributed by atoms with van der Waals surface area (Å²) in [5.41, 5.74) is 4.06. The summed E-state index contributed by atoms with van der Waals surface area (Å²) in [5.74, 6) is 5.84. The molecule has 0 aliphatic heterocycles. The topological polar surface area (TPSA) is 84.1 Å². The van der Waals surface area contributed by atoms with Crippen LogP contribution in [-0.2, 0) is 0 Å². The molecule has 2 aromatic heterocycles. The van der Waals surface area contributed by atoms with Gasteiger partial charge in [0.15, 0.2) is 0 Å². The zero-order valence-corrected chi connectivity index (χ0v) is 12.8. The first-order valence-corrected chi connectivity index (χ1v) is 7.21. The second-order valence-electron chi connectivity index (χ2n) is 4.68. The Morgan fingerprint density at radius 3 is 2.68 bits per heavy atom. The predicted octanol–water partition coefficient (Wildman–Crippen LogP) is 3.30. The number of nitrogens with two attached hydrogens (primary N) is 1. The number of fused-ring (bicyclic) bond motifs is 1. The molecule has 0 fully saturated rings. The third kappa shape index (κ3) is 2.71. The van der Waals surface area contributed by atoms with Crippen molar-refractivity contribution >= 4 is 39.9 Å². The molecule has 1 aromatic carbocycles. The van der Waals surface area contributed by atoms with E-state index in [0.717, 1.165) is 0 Å². The molecule has 3 rings (SSSR count). The highest BCUT2D eigenvalue weighted by atomic mass is 35.5. The van der Waals surface area contributed by atoms with Crippen molar-refractivity contribution in [2.24, 2.45) is 5.84 Å². The SMILES string of the molecule is NNc1cc(C(O)c2ccccn2)c2cc(Cl)cc(Cl)c2n1. The van der Waals surface area contributed by atoms with E-state index >= 15 is 0 Å². The molecule has 0 bridgehead atoms. The molecule has 2 heterocycles. The van der Waals surface area contributed by atoms with Crippen molar-refractivity contribution < 1.29 is 5.11 Å². The lowest BCUT2D eigenvalue weighted by Gasteiger charge is -2.15. The smallest absolute Gasteiger partial charge is 0.141 e. The van der Waals surface area contributed by atoms with E-state index in [4.69, 9.17) is 29.0 Å². The minimum absolute atomic E-state index is 0.383. The number of aliphatic hydroxyl groups is 1. The van der Waals surface area contributed by atoms with Gasteiger partial charge in [-0.3, -0.25) is 4.98 Å². The second-order valence-corrected chi connectivity index (χ2v) is 5.53. The highest BCUT2D eigenvalue weighted by molar-refractivity contribution is 6.38. The van der Waals surface area contributed by atoms with E-state index in [1.54, 1.807) is 42.6 Å². The van der Waals surface area contributed by atoms with E-state index in [2.05, 4.69) is 15.4 Å².